The van der Waals surface area contributed by atoms with Crippen molar-refractivity contribution in [3.8, 4) is 5.75 Å². The number of benzene rings is 2. The second kappa shape index (κ2) is 10.1. The number of hydrogen-bond acceptors (Lipinski definition) is 3. The number of hydrogen-bond donors (Lipinski definition) is 2. The fourth-order valence-corrected chi connectivity index (χ4v) is 2.64. The average Bonchev–Trinajstić information content (AvgIpc) is 2.60. The van der Waals surface area contributed by atoms with Gasteiger partial charge in [0.15, 0.2) is 0 Å². The number of amides is 1. The van der Waals surface area contributed by atoms with Crippen LogP contribution in [0.2, 0.25) is 0 Å². The zero-order chi connectivity index (χ0) is 17.5. The van der Waals surface area contributed by atoms with Crippen LogP contribution in [0, 0.1) is 19.8 Å². The fraction of sp³-hybridized carbons (Fsp3) is 0.350. The summed E-state index contributed by atoms with van der Waals surface area (Å²) in [7, 11) is 0. The molecule has 2 rings (SSSR count). The van der Waals surface area contributed by atoms with Gasteiger partial charge in [-0.3, -0.25) is 4.79 Å². The Balaban J connectivity index is 0.00000312. The summed E-state index contributed by atoms with van der Waals surface area (Å²) in [5, 5.41) is 2.90. The minimum Gasteiger partial charge on any atom is -0.491 e. The molecule has 0 aliphatic carbocycles. The fourth-order valence-electron chi connectivity index (χ4n) is 2.64. The Kier molecular flexibility index (Phi) is 8.46. The van der Waals surface area contributed by atoms with E-state index in [4.69, 9.17) is 10.5 Å². The SMILES string of the molecule is Cc1cccc(C)c1OCCNC(=O)C(C)C(N)c1ccccc1.Cl. The Morgan fingerprint density at radius 2 is 1.68 bits per heavy atom. The highest BCUT2D eigenvalue weighted by molar-refractivity contribution is 5.85. The monoisotopic (exact) mass is 362 g/mol. The second-order valence-corrected chi connectivity index (χ2v) is 6.09. The molecule has 0 aliphatic heterocycles. The Morgan fingerprint density at radius 3 is 2.28 bits per heavy atom. The summed E-state index contributed by atoms with van der Waals surface area (Å²) >= 11 is 0. The van der Waals surface area contributed by atoms with E-state index in [0.717, 1.165) is 22.4 Å². The third-order valence-electron chi connectivity index (χ3n) is 4.19. The lowest BCUT2D eigenvalue weighted by Gasteiger charge is -2.20. The smallest absolute Gasteiger partial charge is 0.224 e. The molecule has 0 aliphatic rings. The summed E-state index contributed by atoms with van der Waals surface area (Å²) in [5.41, 5.74) is 9.34. The standard InChI is InChI=1S/C20H26N2O2.ClH/c1-14-8-7-9-15(2)19(14)24-13-12-22-20(23)16(3)18(21)17-10-5-4-6-11-17;/h4-11,16,18H,12-13,21H2,1-3H3,(H,22,23);1H. The van der Waals surface area contributed by atoms with Crippen molar-refractivity contribution >= 4 is 18.3 Å². The van der Waals surface area contributed by atoms with Gasteiger partial charge in [-0.15, -0.1) is 12.4 Å². The average molecular weight is 363 g/mol. The molecular formula is C20H27ClN2O2. The molecule has 0 fully saturated rings. The van der Waals surface area contributed by atoms with Gasteiger partial charge in [-0.05, 0) is 30.5 Å². The van der Waals surface area contributed by atoms with Crippen LogP contribution in [-0.2, 0) is 4.79 Å². The molecule has 2 unspecified atom stereocenters. The van der Waals surface area contributed by atoms with Crippen molar-refractivity contribution in [2.24, 2.45) is 11.7 Å². The predicted octanol–water partition coefficient (Wildman–Crippen LogP) is 3.56. The maximum absolute atomic E-state index is 12.3. The Labute approximate surface area is 156 Å². The molecular weight excluding hydrogens is 336 g/mol. The Bertz CT molecular complexity index is 656. The number of carbonyl (C=O) groups excluding carboxylic acids is 1. The first-order chi connectivity index (χ1) is 11.5. The minimum atomic E-state index is -0.314. The summed E-state index contributed by atoms with van der Waals surface area (Å²) in [4.78, 5) is 12.3. The molecule has 3 N–H and O–H groups in total. The maximum Gasteiger partial charge on any atom is 0.224 e. The highest BCUT2D eigenvalue weighted by Gasteiger charge is 2.21. The van der Waals surface area contributed by atoms with Crippen molar-refractivity contribution in [2.45, 2.75) is 26.8 Å². The number of carbonyl (C=O) groups is 1. The lowest BCUT2D eigenvalue weighted by Crippen LogP contribution is -2.37. The van der Waals surface area contributed by atoms with Crippen LogP contribution in [0.15, 0.2) is 48.5 Å². The van der Waals surface area contributed by atoms with Gasteiger partial charge in [-0.1, -0.05) is 55.5 Å². The number of halogens is 1. The van der Waals surface area contributed by atoms with Gasteiger partial charge in [-0.2, -0.15) is 0 Å². The lowest BCUT2D eigenvalue weighted by molar-refractivity contribution is -0.125. The van der Waals surface area contributed by atoms with Crippen LogP contribution in [0.4, 0.5) is 0 Å². The van der Waals surface area contributed by atoms with Gasteiger partial charge < -0.3 is 15.8 Å². The first-order valence-electron chi connectivity index (χ1n) is 8.28. The van der Waals surface area contributed by atoms with E-state index in [2.05, 4.69) is 5.32 Å². The summed E-state index contributed by atoms with van der Waals surface area (Å²) in [6, 6.07) is 15.4. The van der Waals surface area contributed by atoms with Crippen LogP contribution in [-0.4, -0.2) is 19.1 Å². The summed E-state index contributed by atoms with van der Waals surface area (Å²) < 4.78 is 5.80. The van der Waals surface area contributed by atoms with Gasteiger partial charge in [0.1, 0.15) is 12.4 Å². The first-order valence-corrected chi connectivity index (χ1v) is 8.28. The van der Waals surface area contributed by atoms with Gasteiger partial charge in [0.25, 0.3) is 0 Å². The molecule has 0 heterocycles. The van der Waals surface area contributed by atoms with Crippen LogP contribution < -0.4 is 15.8 Å². The van der Waals surface area contributed by atoms with Gasteiger partial charge in [0, 0.05) is 6.04 Å². The molecule has 2 atom stereocenters. The van der Waals surface area contributed by atoms with E-state index in [-0.39, 0.29) is 30.3 Å². The number of nitrogens with two attached hydrogens (primary N) is 1. The highest BCUT2D eigenvalue weighted by atomic mass is 35.5. The van der Waals surface area contributed by atoms with Gasteiger partial charge in [-0.25, -0.2) is 0 Å². The molecule has 4 nitrogen and oxygen atoms in total. The molecule has 25 heavy (non-hydrogen) atoms. The van der Waals surface area contributed by atoms with Crippen molar-refractivity contribution in [2.75, 3.05) is 13.2 Å². The lowest BCUT2D eigenvalue weighted by atomic mass is 9.95. The first kappa shape index (κ1) is 21.0. The third-order valence-corrected chi connectivity index (χ3v) is 4.19. The normalized spacial score (nSPS) is 12.6. The minimum absolute atomic E-state index is 0. The molecule has 2 aromatic rings. The number of para-hydroxylation sites is 1. The van der Waals surface area contributed by atoms with Crippen molar-refractivity contribution in [1.82, 2.24) is 5.32 Å². The molecule has 0 bridgehead atoms. The van der Waals surface area contributed by atoms with E-state index in [1.165, 1.54) is 0 Å². The maximum atomic E-state index is 12.3. The largest absolute Gasteiger partial charge is 0.491 e. The molecule has 0 saturated heterocycles. The second-order valence-electron chi connectivity index (χ2n) is 6.09. The predicted molar refractivity (Wildman–Crippen MR) is 104 cm³/mol. The summed E-state index contributed by atoms with van der Waals surface area (Å²) in [6.07, 6.45) is 0. The van der Waals surface area contributed by atoms with Crippen molar-refractivity contribution in [1.29, 1.82) is 0 Å². The van der Waals surface area contributed by atoms with Gasteiger partial charge in [0.05, 0.1) is 12.5 Å². The van der Waals surface area contributed by atoms with E-state index < -0.39 is 0 Å². The molecule has 0 radical (unpaired) electrons. The van der Waals surface area contributed by atoms with E-state index in [1.807, 2.05) is 69.3 Å². The molecule has 5 heteroatoms. The Morgan fingerprint density at radius 1 is 1.08 bits per heavy atom. The van der Waals surface area contributed by atoms with Crippen molar-refractivity contribution < 1.29 is 9.53 Å². The van der Waals surface area contributed by atoms with Crippen LogP contribution in [0.1, 0.15) is 29.7 Å². The number of nitrogens with one attached hydrogen (secondary N) is 1. The van der Waals surface area contributed by atoms with Crippen LogP contribution in [0.5, 0.6) is 5.75 Å². The van der Waals surface area contributed by atoms with E-state index in [9.17, 15) is 4.79 Å². The highest BCUT2D eigenvalue weighted by Crippen LogP contribution is 2.22. The molecule has 0 spiro atoms. The van der Waals surface area contributed by atoms with Crippen molar-refractivity contribution in [3.05, 3.63) is 65.2 Å². The molecule has 1 amide bonds. The quantitative estimate of drug-likeness (QED) is 0.740. The summed E-state index contributed by atoms with van der Waals surface area (Å²) in [6.45, 7) is 6.77. The number of aryl methyl sites for hydroxylation is 2. The van der Waals surface area contributed by atoms with E-state index in [0.29, 0.717) is 13.2 Å². The van der Waals surface area contributed by atoms with Gasteiger partial charge >= 0.3 is 0 Å². The van der Waals surface area contributed by atoms with Crippen LogP contribution in [0.3, 0.4) is 0 Å². The topological polar surface area (TPSA) is 64.3 Å². The van der Waals surface area contributed by atoms with Crippen LogP contribution >= 0.6 is 12.4 Å². The Hall–Kier alpha value is -2.04. The molecule has 0 saturated carbocycles. The number of ether oxygens (including phenoxy) is 1. The summed E-state index contributed by atoms with van der Waals surface area (Å²) in [5.74, 6) is 0.532. The number of rotatable bonds is 7. The molecule has 0 aromatic heterocycles. The molecule has 2 aromatic carbocycles. The van der Waals surface area contributed by atoms with E-state index in [1.54, 1.807) is 0 Å². The molecule has 136 valence electrons. The zero-order valence-electron chi connectivity index (χ0n) is 15.0. The van der Waals surface area contributed by atoms with E-state index >= 15 is 0 Å². The zero-order valence-corrected chi connectivity index (χ0v) is 15.8. The van der Waals surface area contributed by atoms with Gasteiger partial charge in [0.2, 0.25) is 5.91 Å². The third kappa shape index (κ3) is 5.76. The van der Waals surface area contributed by atoms with Crippen molar-refractivity contribution in [3.63, 3.8) is 0 Å². The van der Waals surface area contributed by atoms with Crippen LogP contribution in [0.25, 0.3) is 0 Å².